The Bertz CT molecular complexity index is 715. The summed E-state index contributed by atoms with van der Waals surface area (Å²) >= 11 is 0. The van der Waals surface area contributed by atoms with Gasteiger partial charge in [0, 0.05) is 24.0 Å². The van der Waals surface area contributed by atoms with E-state index in [9.17, 15) is 19.2 Å². The summed E-state index contributed by atoms with van der Waals surface area (Å²) in [6.07, 6.45) is -0.480. The van der Waals surface area contributed by atoms with Gasteiger partial charge in [-0.2, -0.15) is 0 Å². The van der Waals surface area contributed by atoms with Crippen LogP contribution in [0, 0.1) is 0 Å². The Kier molecular flexibility index (Phi) is 7.91. The Morgan fingerprint density at radius 2 is 0.963 bits per heavy atom. The second-order valence-electron chi connectivity index (χ2n) is 5.70. The maximum Gasteiger partial charge on any atom is 0.317 e. The van der Waals surface area contributed by atoms with Gasteiger partial charge in [-0.1, -0.05) is 60.7 Å². The molecule has 0 saturated heterocycles. The molecule has 27 heavy (non-hydrogen) atoms. The van der Waals surface area contributed by atoms with E-state index in [4.69, 9.17) is 9.47 Å². The third-order valence-corrected chi connectivity index (χ3v) is 3.66. The molecule has 6 heteroatoms. The molecule has 2 aromatic carbocycles. The van der Waals surface area contributed by atoms with Gasteiger partial charge in [-0.05, 0) is 0 Å². The Hall–Kier alpha value is -3.28. The van der Waals surface area contributed by atoms with E-state index in [1.807, 2.05) is 0 Å². The van der Waals surface area contributed by atoms with E-state index >= 15 is 0 Å². The molecule has 2 rings (SSSR count). The monoisotopic (exact) mass is 368 g/mol. The first-order valence-corrected chi connectivity index (χ1v) is 8.54. The van der Waals surface area contributed by atoms with E-state index in [1.165, 1.54) is 0 Å². The van der Waals surface area contributed by atoms with Crippen molar-refractivity contribution in [3.8, 4) is 0 Å². The third kappa shape index (κ3) is 7.23. The first-order chi connectivity index (χ1) is 13.1. The topological polar surface area (TPSA) is 86.7 Å². The molecule has 0 fully saturated rings. The number of hydrogen-bond donors (Lipinski definition) is 0. The zero-order valence-electron chi connectivity index (χ0n) is 14.8. The quantitative estimate of drug-likeness (QED) is 0.364. The maximum absolute atomic E-state index is 11.9. The zero-order chi connectivity index (χ0) is 19.5. The Labute approximate surface area is 157 Å². The largest absolute Gasteiger partial charge is 0.465 e. The molecule has 0 aliphatic carbocycles. The lowest BCUT2D eigenvalue weighted by Gasteiger charge is -2.06. The highest BCUT2D eigenvalue weighted by molar-refractivity contribution is 5.97. The molecular weight excluding hydrogens is 348 g/mol. The fourth-order valence-electron chi connectivity index (χ4n) is 2.27. The normalized spacial score (nSPS) is 10.1. The van der Waals surface area contributed by atoms with E-state index in [1.54, 1.807) is 60.7 Å². The number of carbonyl (C=O) groups is 4. The van der Waals surface area contributed by atoms with Gasteiger partial charge in [0.25, 0.3) is 0 Å². The van der Waals surface area contributed by atoms with Crippen LogP contribution >= 0.6 is 0 Å². The summed E-state index contributed by atoms with van der Waals surface area (Å²) < 4.78 is 9.75. The number of carbonyl (C=O) groups excluding carboxylic acids is 4. The molecule has 6 nitrogen and oxygen atoms in total. The first-order valence-electron chi connectivity index (χ1n) is 8.54. The van der Waals surface area contributed by atoms with Crippen LogP contribution in [-0.2, 0) is 19.1 Å². The summed E-state index contributed by atoms with van der Waals surface area (Å²) in [6.45, 7) is -0.210. The van der Waals surface area contributed by atoms with Crippen LogP contribution < -0.4 is 0 Å². The van der Waals surface area contributed by atoms with Crippen LogP contribution in [-0.4, -0.2) is 36.7 Å². The van der Waals surface area contributed by atoms with Gasteiger partial charge < -0.3 is 9.47 Å². The lowest BCUT2D eigenvalue weighted by atomic mass is 10.1. The third-order valence-electron chi connectivity index (χ3n) is 3.66. The first kappa shape index (κ1) is 20.0. The summed E-state index contributed by atoms with van der Waals surface area (Å²) in [5.74, 6) is -1.83. The van der Waals surface area contributed by atoms with Crippen molar-refractivity contribution in [3.63, 3.8) is 0 Å². The maximum atomic E-state index is 11.9. The van der Waals surface area contributed by atoms with Crippen molar-refractivity contribution in [3.05, 3.63) is 71.8 Å². The summed E-state index contributed by atoms with van der Waals surface area (Å²) in [5, 5.41) is 0. The van der Waals surface area contributed by atoms with Crippen molar-refractivity contribution in [1.29, 1.82) is 0 Å². The molecule has 0 spiro atoms. The average molecular weight is 368 g/mol. The standard InChI is InChI=1S/C21H20O6/c22-18(16-7-3-1-4-8-16)11-13-26-20(24)15-21(25)27-14-12-19(23)17-9-5-2-6-10-17/h1-10H,11-15H2. The van der Waals surface area contributed by atoms with Gasteiger partial charge in [0.05, 0.1) is 13.2 Å². The van der Waals surface area contributed by atoms with Crippen LogP contribution in [0.15, 0.2) is 60.7 Å². The average Bonchev–Trinajstić information content (AvgIpc) is 2.69. The molecule has 0 radical (unpaired) electrons. The van der Waals surface area contributed by atoms with Crippen LogP contribution in [0.4, 0.5) is 0 Å². The number of hydrogen-bond acceptors (Lipinski definition) is 6. The lowest BCUT2D eigenvalue weighted by Crippen LogP contribution is -2.17. The number of benzene rings is 2. The highest BCUT2D eigenvalue weighted by Crippen LogP contribution is 2.05. The summed E-state index contributed by atoms with van der Waals surface area (Å²) in [4.78, 5) is 46.9. The van der Waals surface area contributed by atoms with Gasteiger partial charge >= 0.3 is 11.9 Å². The van der Waals surface area contributed by atoms with Gasteiger partial charge in [0.15, 0.2) is 11.6 Å². The van der Waals surface area contributed by atoms with Gasteiger partial charge in [0.2, 0.25) is 0 Å². The fraction of sp³-hybridized carbons (Fsp3) is 0.238. The van der Waals surface area contributed by atoms with Crippen molar-refractivity contribution in [1.82, 2.24) is 0 Å². The van der Waals surface area contributed by atoms with Crippen molar-refractivity contribution in [2.75, 3.05) is 13.2 Å². The van der Waals surface area contributed by atoms with Crippen LogP contribution in [0.3, 0.4) is 0 Å². The molecule has 0 amide bonds. The fourth-order valence-corrected chi connectivity index (χ4v) is 2.27. The Morgan fingerprint density at radius 1 is 0.593 bits per heavy atom. The minimum absolute atomic E-state index is 0.0381. The van der Waals surface area contributed by atoms with Crippen LogP contribution in [0.25, 0.3) is 0 Å². The smallest absolute Gasteiger partial charge is 0.317 e. The lowest BCUT2D eigenvalue weighted by molar-refractivity contribution is -0.154. The molecule has 0 N–H and O–H groups in total. The van der Waals surface area contributed by atoms with Gasteiger partial charge in [-0.15, -0.1) is 0 Å². The second-order valence-corrected chi connectivity index (χ2v) is 5.70. The van der Waals surface area contributed by atoms with E-state index < -0.39 is 18.4 Å². The summed E-state index contributed by atoms with van der Waals surface area (Å²) in [5.41, 5.74) is 1.08. The zero-order valence-corrected chi connectivity index (χ0v) is 14.8. The number of Topliss-reactive ketones (excluding diaryl/α,β-unsaturated/α-hetero) is 2. The molecule has 0 aliphatic heterocycles. The molecule has 140 valence electrons. The molecule has 0 bridgehead atoms. The van der Waals surface area contributed by atoms with E-state index in [2.05, 4.69) is 0 Å². The number of rotatable bonds is 10. The van der Waals surface area contributed by atoms with Crippen molar-refractivity contribution in [2.45, 2.75) is 19.3 Å². The SMILES string of the molecule is O=C(CC(=O)OCCC(=O)c1ccccc1)OCCC(=O)c1ccccc1. The minimum Gasteiger partial charge on any atom is -0.465 e. The molecule has 0 saturated carbocycles. The van der Waals surface area contributed by atoms with Crippen molar-refractivity contribution >= 4 is 23.5 Å². The van der Waals surface area contributed by atoms with Crippen LogP contribution in [0.2, 0.25) is 0 Å². The van der Waals surface area contributed by atoms with E-state index in [0.717, 1.165) is 0 Å². The molecule has 0 heterocycles. The summed E-state index contributed by atoms with van der Waals surface area (Å²) in [6, 6.07) is 17.3. The van der Waals surface area contributed by atoms with Crippen LogP contribution in [0.1, 0.15) is 40.0 Å². The van der Waals surface area contributed by atoms with Crippen molar-refractivity contribution < 1.29 is 28.7 Å². The highest BCUT2D eigenvalue weighted by Gasteiger charge is 2.14. The summed E-state index contributed by atoms with van der Waals surface area (Å²) in [7, 11) is 0. The Balaban J connectivity index is 1.60. The predicted octanol–water partition coefficient (Wildman–Crippen LogP) is 3.01. The van der Waals surface area contributed by atoms with E-state index in [-0.39, 0.29) is 37.6 Å². The van der Waals surface area contributed by atoms with Gasteiger partial charge in [-0.25, -0.2) is 0 Å². The molecule has 0 unspecified atom stereocenters. The second kappa shape index (κ2) is 10.7. The number of ketones is 2. The van der Waals surface area contributed by atoms with Gasteiger partial charge in [-0.3, -0.25) is 19.2 Å². The van der Waals surface area contributed by atoms with E-state index in [0.29, 0.717) is 11.1 Å². The number of esters is 2. The minimum atomic E-state index is -0.768. The van der Waals surface area contributed by atoms with Crippen molar-refractivity contribution in [2.24, 2.45) is 0 Å². The Morgan fingerprint density at radius 3 is 1.33 bits per heavy atom. The molecular formula is C21H20O6. The molecule has 0 atom stereocenters. The molecule has 0 aromatic heterocycles. The molecule has 2 aromatic rings. The van der Waals surface area contributed by atoms with Gasteiger partial charge in [0.1, 0.15) is 6.42 Å². The molecule has 0 aliphatic rings. The van der Waals surface area contributed by atoms with Crippen LogP contribution in [0.5, 0.6) is 0 Å². The number of ether oxygens (including phenoxy) is 2. The highest BCUT2D eigenvalue weighted by atomic mass is 16.6. The predicted molar refractivity (Wildman–Crippen MR) is 97.3 cm³/mol.